The van der Waals surface area contributed by atoms with Crippen LogP contribution in [0.15, 0.2) is 36.4 Å². The largest absolute Gasteiger partial charge is 0.384 e. The summed E-state index contributed by atoms with van der Waals surface area (Å²) in [6, 6.07) is 4.02. The van der Waals surface area contributed by atoms with Gasteiger partial charge in [-0.3, -0.25) is 5.41 Å². The SMILES string of the molecule is Cc1c(C(=N)N)ccc(C2C=CC=C2)c1C. The predicted molar refractivity (Wildman–Crippen MR) is 68.0 cm³/mol. The van der Waals surface area contributed by atoms with Gasteiger partial charge in [0.05, 0.1) is 0 Å². The highest BCUT2D eigenvalue weighted by atomic mass is 14.7. The molecule has 0 aliphatic heterocycles. The van der Waals surface area contributed by atoms with E-state index >= 15 is 0 Å². The summed E-state index contributed by atoms with van der Waals surface area (Å²) < 4.78 is 0. The van der Waals surface area contributed by atoms with Crippen molar-refractivity contribution in [3.63, 3.8) is 0 Å². The Bertz CT molecular complexity index is 484. The van der Waals surface area contributed by atoms with Crippen LogP contribution in [0, 0.1) is 19.3 Å². The van der Waals surface area contributed by atoms with Gasteiger partial charge in [-0.05, 0) is 30.5 Å². The summed E-state index contributed by atoms with van der Waals surface area (Å²) in [6.07, 6.45) is 8.49. The lowest BCUT2D eigenvalue weighted by Crippen LogP contribution is -2.14. The van der Waals surface area contributed by atoms with Crippen molar-refractivity contribution in [1.29, 1.82) is 5.41 Å². The molecule has 1 aliphatic carbocycles. The Morgan fingerprint density at radius 1 is 1.12 bits per heavy atom. The highest BCUT2D eigenvalue weighted by Gasteiger charge is 2.13. The molecule has 0 heterocycles. The maximum atomic E-state index is 7.50. The van der Waals surface area contributed by atoms with Gasteiger partial charge in [0.1, 0.15) is 5.84 Å². The number of hydrogen-bond acceptors (Lipinski definition) is 1. The summed E-state index contributed by atoms with van der Waals surface area (Å²) in [5.41, 5.74) is 10.0. The molecule has 82 valence electrons. The molecule has 0 amide bonds. The molecule has 1 aromatic carbocycles. The van der Waals surface area contributed by atoms with Gasteiger partial charge in [-0.2, -0.15) is 0 Å². The lowest BCUT2D eigenvalue weighted by atomic mass is 9.90. The number of nitrogen functional groups attached to an aromatic ring is 1. The molecule has 0 radical (unpaired) electrons. The van der Waals surface area contributed by atoms with Gasteiger partial charge < -0.3 is 5.73 Å². The molecular weight excluding hydrogens is 196 g/mol. The average Bonchev–Trinajstić information content (AvgIpc) is 2.74. The molecule has 1 aromatic rings. The lowest BCUT2D eigenvalue weighted by molar-refractivity contribution is 1.06. The first-order valence-electron chi connectivity index (χ1n) is 5.40. The van der Waals surface area contributed by atoms with E-state index < -0.39 is 0 Å². The fourth-order valence-corrected chi connectivity index (χ4v) is 2.13. The van der Waals surface area contributed by atoms with Crippen LogP contribution >= 0.6 is 0 Å². The Morgan fingerprint density at radius 3 is 2.31 bits per heavy atom. The maximum Gasteiger partial charge on any atom is 0.123 e. The molecule has 0 aromatic heterocycles. The maximum absolute atomic E-state index is 7.50. The van der Waals surface area contributed by atoms with Gasteiger partial charge in [-0.25, -0.2) is 0 Å². The Labute approximate surface area is 96.0 Å². The zero-order valence-corrected chi connectivity index (χ0v) is 9.62. The first-order chi connectivity index (χ1) is 7.61. The van der Waals surface area contributed by atoms with E-state index in [4.69, 9.17) is 11.1 Å². The van der Waals surface area contributed by atoms with Crippen LogP contribution in [0.3, 0.4) is 0 Å². The lowest BCUT2D eigenvalue weighted by Gasteiger charge is -2.15. The molecule has 2 heteroatoms. The zero-order chi connectivity index (χ0) is 11.7. The van der Waals surface area contributed by atoms with E-state index in [2.05, 4.69) is 37.3 Å². The third-order valence-corrected chi connectivity index (χ3v) is 3.23. The minimum Gasteiger partial charge on any atom is -0.384 e. The number of benzene rings is 1. The van der Waals surface area contributed by atoms with Crippen molar-refractivity contribution in [3.8, 4) is 0 Å². The number of hydrogen-bond donors (Lipinski definition) is 2. The smallest absolute Gasteiger partial charge is 0.123 e. The van der Waals surface area contributed by atoms with Gasteiger partial charge >= 0.3 is 0 Å². The minimum atomic E-state index is 0.143. The quantitative estimate of drug-likeness (QED) is 0.574. The molecule has 0 atom stereocenters. The van der Waals surface area contributed by atoms with E-state index in [1.807, 2.05) is 13.0 Å². The van der Waals surface area contributed by atoms with Crippen LogP contribution in [0.1, 0.15) is 28.2 Å². The van der Waals surface area contributed by atoms with Crippen LogP contribution in [0.4, 0.5) is 0 Å². The van der Waals surface area contributed by atoms with Crippen molar-refractivity contribution in [1.82, 2.24) is 0 Å². The standard InChI is InChI=1S/C14H16N2/c1-9-10(2)13(14(15)16)8-7-12(9)11-5-3-4-6-11/h3-8,11H,1-2H3,(H3,15,16). The van der Waals surface area contributed by atoms with E-state index in [0.29, 0.717) is 5.92 Å². The number of amidine groups is 1. The van der Waals surface area contributed by atoms with Crippen LogP contribution in [0.5, 0.6) is 0 Å². The summed E-state index contributed by atoms with van der Waals surface area (Å²) in [7, 11) is 0. The van der Waals surface area contributed by atoms with Crippen molar-refractivity contribution in [2.24, 2.45) is 5.73 Å². The third-order valence-electron chi connectivity index (χ3n) is 3.23. The molecule has 16 heavy (non-hydrogen) atoms. The van der Waals surface area contributed by atoms with Crippen molar-refractivity contribution in [2.45, 2.75) is 19.8 Å². The summed E-state index contributed by atoms with van der Waals surface area (Å²) in [5.74, 6) is 0.518. The summed E-state index contributed by atoms with van der Waals surface area (Å²) in [5, 5.41) is 7.50. The van der Waals surface area contributed by atoms with Gasteiger partial charge in [-0.15, -0.1) is 0 Å². The molecule has 0 saturated heterocycles. The van der Waals surface area contributed by atoms with Crippen molar-refractivity contribution < 1.29 is 0 Å². The molecule has 0 bridgehead atoms. The number of allylic oxidation sites excluding steroid dienone is 4. The summed E-state index contributed by atoms with van der Waals surface area (Å²) >= 11 is 0. The van der Waals surface area contributed by atoms with E-state index in [0.717, 1.165) is 11.1 Å². The fourth-order valence-electron chi connectivity index (χ4n) is 2.13. The van der Waals surface area contributed by atoms with Crippen LogP contribution in [-0.2, 0) is 0 Å². The molecule has 1 aliphatic rings. The van der Waals surface area contributed by atoms with E-state index in [9.17, 15) is 0 Å². The Hall–Kier alpha value is -1.83. The van der Waals surface area contributed by atoms with Gasteiger partial charge in [0.2, 0.25) is 0 Å². The second-order valence-corrected chi connectivity index (χ2v) is 4.16. The second kappa shape index (κ2) is 3.97. The number of nitrogens with two attached hydrogens (primary N) is 1. The second-order valence-electron chi connectivity index (χ2n) is 4.16. The van der Waals surface area contributed by atoms with Crippen molar-refractivity contribution >= 4 is 5.84 Å². The molecular formula is C14H16N2. The topological polar surface area (TPSA) is 49.9 Å². The first-order valence-corrected chi connectivity index (χ1v) is 5.40. The first kappa shape index (κ1) is 10.7. The minimum absolute atomic E-state index is 0.143. The fraction of sp³-hybridized carbons (Fsp3) is 0.214. The van der Waals surface area contributed by atoms with Crippen LogP contribution in [0.25, 0.3) is 0 Å². The van der Waals surface area contributed by atoms with Crippen LogP contribution in [-0.4, -0.2) is 5.84 Å². The zero-order valence-electron chi connectivity index (χ0n) is 9.62. The molecule has 0 spiro atoms. The van der Waals surface area contributed by atoms with Crippen molar-refractivity contribution in [2.75, 3.05) is 0 Å². The van der Waals surface area contributed by atoms with Crippen LogP contribution < -0.4 is 5.73 Å². The predicted octanol–water partition coefficient (Wildman–Crippen LogP) is 2.80. The molecule has 2 rings (SSSR count). The molecule has 3 N–H and O–H groups in total. The summed E-state index contributed by atoms with van der Waals surface area (Å²) in [6.45, 7) is 4.12. The Kier molecular flexibility index (Phi) is 2.65. The monoisotopic (exact) mass is 212 g/mol. The third kappa shape index (κ3) is 1.67. The molecule has 2 nitrogen and oxygen atoms in total. The van der Waals surface area contributed by atoms with E-state index in [-0.39, 0.29) is 5.84 Å². The highest BCUT2D eigenvalue weighted by Crippen LogP contribution is 2.28. The molecule has 0 saturated carbocycles. The summed E-state index contributed by atoms with van der Waals surface area (Å²) in [4.78, 5) is 0. The van der Waals surface area contributed by atoms with E-state index in [1.165, 1.54) is 11.1 Å². The highest BCUT2D eigenvalue weighted by molar-refractivity contribution is 5.96. The Morgan fingerprint density at radius 2 is 1.75 bits per heavy atom. The normalized spacial score (nSPS) is 14.6. The van der Waals surface area contributed by atoms with Crippen LogP contribution in [0.2, 0.25) is 0 Å². The van der Waals surface area contributed by atoms with Gasteiger partial charge in [0, 0.05) is 11.5 Å². The number of nitrogens with one attached hydrogen (secondary N) is 1. The number of rotatable bonds is 2. The average molecular weight is 212 g/mol. The van der Waals surface area contributed by atoms with E-state index in [1.54, 1.807) is 0 Å². The van der Waals surface area contributed by atoms with Crippen molar-refractivity contribution in [3.05, 3.63) is 58.7 Å². The molecule has 0 fully saturated rings. The molecule has 0 unspecified atom stereocenters. The van der Waals surface area contributed by atoms with Gasteiger partial charge in [-0.1, -0.05) is 36.4 Å². The van der Waals surface area contributed by atoms with Gasteiger partial charge in [0.15, 0.2) is 0 Å². The van der Waals surface area contributed by atoms with Gasteiger partial charge in [0.25, 0.3) is 0 Å². The Balaban J connectivity index is 2.50.